The molecule has 8 heteroatoms. The third-order valence-corrected chi connectivity index (χ3v) is 6.02. The molecule has 3 heterocycles. The van der Waals surface area contributed by atoms with Gasteiger partial charge in [-0.25, -0.2) is 4.68 Å². The van der Waals surface area contributed by atoms with E-state index in [1.165, 1.54) is 6.42 Å². The van der Waals surface area contributed by atoms with Crippen LogP contribution in [0.5, 0.6) is 0 Å². The van der Waals surface area contributed by atoms with Crippen LogP contribution >= 0.6 is 15.9 Å². The van der Waals surface area contributed by atoms with Crippen molar-refractivity contribution in [2.45, 2.75) is 33.6 Å². The van der Waals surface area contributed by atoms with Gasteiger partial charge in [0, 0.05) is 25.6 Å². The Morgan fingerprint density at radius 2 is 1.96 bits per heavy atom. The summed E-state index contributed by atoms with van der Waals surface area (Å²) in [5.74, 6) is 1.52. The standard InChI is InChI=1S/C20H22BrN5O2/c1-12-5-4-10-25(11-12)20(27)15-6-8-16(9-7-15)26-13(2)17(21)18(24-26)19-23-22-14(3)28-19/h6-9,12H,4-5,10-11H2,1-3H3. The van der Waals surface area contributed by atoms with Crippen LogP contribution in [-0.4, -0.2) is 43.9 Å². The highest BCUT2D eigenvalue weighted by Crippen LogP contribution is 2.31. The number of rotatable bonds is 3. The first-order valence-electron chi connectivity index (χ1n) is 9.39. The molecule has 146 valence electrons. The molecule has 1 saturated heterocycles. The van der Waals surface area contributed by atoms with Crippen LogP contribution in [0.15, 0.2) is 33.2 Å². The summed E-state index contributed by atoms with van der Waals surface area (Å²) in [5, 5.41) is 12.5. The number of carbonyl (C=O) groups excluding carboxylic acids is 1. The second kappa shape index (κ2) is 7.50. The van der Waals surface area contributed by atoms with Crippen molar-refractivity contribution in [3.8, 4) is 17.3 Å². The molecule has 1 unspecified atom stereocenters. The van der Waals surface area contributed by atoms with Gasteiger partial charge in [0.2, 0.25) is 5.89 Å². The monoisotopic (exact) mass is 443 g/mol. The molecule has 28 heavy (non-hydrogen) atoms. The Labute approximate surface area is 171 Å². The smallest absolute Gasteiger partial charge is 0.269 e. The lowest BCUT2D eigenvalue weighted by Crippen LogP contribution is -2.39. The molecule has 1 amide bonds. The Hall–Kier alpha value is -2.48. The highest BCUT2D eigenvalue weighted by Gasteiger charge is 2.23. The fourth-order valence-electron chi connectivity index (χ4n) is 3.57. The van der Waals surface area contributed by atoms with E-state index in [0.717, 1.165) is 35.4 Å². The first kappa shape index (κ1) is 18.9. The van der Waals surface area contributed by atoms with Crippen molar-refractivity contribution in [1.82, 2.24) is 24.9 Å². The van der Waals surface area contributed by atoms with Crippen LogP contribution in [0.3, 0.4) is 0 Å². The van der Waals surface area contributed by atoms with Crippen molar-refractivity contribution >= 4 is 21.8 Å². The van der Waals surface area contributed by atoms with Gasteiger partial charge in [-0.15, -0.1) is 10.2 Å². The molecule has 1 aliphatic heterocycles. The van der Waals surface area contributed by atoms with E-state index in [0.29, 0.717) is 29.0 Å². The fourth-order valence-corrected chi connectivity index (χ4v) is 3.98. The number of hydrogen-bond donors (Lipinski definition) is 0. The molecule has 7 nitrogen and oxygen atoms in total. The van der Waals surface area contributed by atoms with Crippen LogP contribution < -0.4 is 0 Å². The minimum atomic E-state index is 0.0958. The summed E-state index contributed by atoms with van der Waals surface area (Å²) in [6.07, 6.45) is 2.27. The zero-order valence-corrected chi connectivity index (χ0v) is 17.7. The van der Waals surface area contributed by atoms with Gasteiger partial charge in [0.1, 0.15) is 0 Å². The van der Waals surface area contributed by atoms with E-state index in [1.807, 2.05) is 36.1 Å². The second-order valence-electron chi connectivity index (χ2n) is 7.33. The van der Waals surface area contributed by atoms with Crippen LogP contribution in [0, 0.1) is 19.8 Å². The van der Waals surface area contributed by atoms with E-state index in [-0.39, 0.29) is 5.91 Å². The summed E-state index contributed by atoms with van der Waals surface area (Å²) in [4.78, 5) is 14.7. The Bertz CT molecular complexity index is 1010. The average molecular weight is 444 g/mol. The van der Waals surface area contributed by atoms with Gasteiger partial charge >= 0.3 is 0 Å². The lowest BCUT2D eigenvalue weighted by atomic mass is 9.99. The molecule has 0 bridgehead atoms. The quantitative estimate of drug-likeness (QED) is 0.606. The molecule has 4 rings (SSSR count). The normalized spacial score (nSPS) is 17.1. The van der Waals surface area contributed by atoms with E-state index in [4.69, 9.17) is 4.42 Å². The van der Waals surface area contributed by atoms with Crippen molar-refractivity contribution in [2.24, 2.45) is 5.92 Å². The number of piperidine rings is 1. The predicted octanol–water partition coefficient (Wildman–Crippen LogP) is 4.17. The Balaban J connectivity index is 1.60. The highest BCUT2D eigenvalue weighted by molar-refractivity contribution is 9.10. The maximum absolute atomic E-state index is 12.8. The summed E-state index contributed by atoms with van der Waals surface area (Å²) >= 11 is 3.57. The molecule has 2 aromatic heterocycles. The summed E-state index contributed by atoms with van der Waals surface area (Å²) in [5.41, 5.74) is 3.08. The highest BCUT2D eigenvalue weighted by atomic mass is 79.9. The first-order valence-corrected chi connectivity index (χ1v) is 10.2. The van der Waals surface area contributed by atoms with Gasteiger partial charge in [0.05, 0.1) is 15.9 Å². The zero-order valence-electron chi connectivity index (χ0n) is 16.1. The van der Waals surface area contributed by atoms with Gasteiger partial charge in [-0.1, -0.05) is 6.92 Å². The van der Waals surface area contributed by atoms with Crippen molar-refractivity contribution in [3.05, 3.63) is 45.9 Å². The molecule has 0 spiro atoms. The minimum absolute atomic E-state index is 0.0958. The molecule has 0 N–H and O–H groups in total. The van der Waals surface area contributed by atoms with Crippen LogP contribution in [0.25, 0.3) is 17.3 Å². The van der Waals surface area contributed by atoms with Gasteiger partial charge in [-0.05, 0) is 65.9 Å². The second-order valence-corrected chi connectivity index (χ2v) is 8.12. The van der Waals surface area contributed by atoms with Crippen LogP contribution in [0.1, 0.15) is 41.7 Å². The molecule has 1 aliphatic rings. The number of benzene rings is 1. The van der Waals surface area contributed by atoms with Gasteiger partial charge in [0.25, 0.3) is 11.8 Å². The Morgan fingerprint density at radius 1 is 1.21 bits per heavy atom. The fraction of sp³-hybridized carbons (Fsp3) is 0.400. The number of nitrogens with zero attached hydrogens (tertiary/aromatic N) is 5. The lowest BCUT2D eigenvalue weighted by molar-refractivity contribution is 0.0683. The van der Waals surface area contributed by atoms with Crippen molar-refractivity contribution < 1.29 is 9.21 Å². The average Bonchev–Trinajstić information content (AvgIpc) is 3.25. The number of likely N-dealkylation sites (tertiary alicyclic amines) is 1. The maximum Gasteiger partial charge on any atom is 0.269 e. The number of amides is 1. The SMILES string of the molecule is Cc1nnc(-c2nn(-c3ccc(C(=O)N4CCCC(C)C4)cc3)c(C)c2Br)o1. The minimum Gasteiger partial charge on any atom is -0.420 e. The number of carbonyl (C=O) groups is 1. The van der Waals surface area contributed by atoms with Crippen LogP contribution in [-0.2, 0) is 0 Å². The molecule has 3 aromatic rings. The zero-order chi connectivity index (χ0) is 19.8. The molecular weight excluding hydrogens is 422 g/mol. The van der Waals surface area contributed by atoms with Gasteiger partial charge < -0.3 is 9.32 Å². The summed E-state index contributed by atoms with van der Waals surface area (Å²) in [6, 6.07) is 7.55. The van der Waals surface area contributed by atoms with Gasteiger partial charge in [-0.3, -0.25) is 4.79 Å². The molecule has 0 saturated carbocycles. The number of aromatic nitrogens is 4. The summed E-state index contributed by atoms with van der Waals surface area (Å²) in [6.45, 7) is 7.57. The molecule has 1 atom stereocenters. The van der Waals surface area contributed by atoms with Gasteiger partial charge in [0.15, 0.2) is 5.69 Å². The van der Waals surface area contributed by atoms with Crippen molar-refractivity contribution in [1.29, 1.82) is 0 Å². The molecule has 1 fully saturated rings. The summed E-state index contributed by atoms with van der Waals surface area (Å²) < 4.78 is 8.11. The maximum atomic E-state index is 12.8. The topological polar surface area (TPSA) is 77.1 Å². The van der Waals surface area contributed by atoms with E-state index >= 15 is 0 Å². The van der Waals surface area contributed by atoms with E-state index < -0.39 is 0 Å². The van der Waals surface area contributed by atoms with E-state index in [9.17, 15) is 4.79 Å². The molecular formula is C20H22BrN5O2. The number of hydrogen-bond acceptors (Lipinski definition) is 5. The van der Waals surface area contributed by atoms with Crippen molar-refractivity contribution in [3.63, 3.8) is 0 Å². The first-order chi connectivity index (χ1) is 13.4. The van der Waals surface area contributed by atoms with Crippen molar-refractivity contribution in [2.75, 3.05) is 13.1 Å². The van der Waals surface area contributed by atoms with Gasteiger partial charge in [-0.2, -0.15) is 5.10 Å². The third-order valence-electron chi connectivity index (χ3n) is 5.07. The largest absolute Gasteiger partial charge is 0.420 e. The predicted molar refractivity (Wildman–Crippen MR) is 108 cm³/mol. The Morgan fingerprint density at radius 3 is 2.61 bits per heavy atom. The Kier molecular flexibility index (Phi) is 5.05. The molecule has 1 aromatic carbocycles. The molecule has 0 radical (unpaired) electrons. The third kappa shape index (κ3) is 3.48. The summed E-state index contributed by atoms with van der Waals surface area (Å²) in [7, 11) is 0. The lowest BCUT2D eigenvalue weighted by Gasteiger charge is -2.31. The van der Waals surface area contributed by atoms with Crippen LogP contribution in [0.2, 0.25) is 0 Å². The van der Waals surface area contributed by atoms with E-state index in [2.05, 4.69) is 38.1 Å². The number of aryl methyl sites for hydroxylation is 1. The van der Waals surface area contributed by atoms with Crippen LogP contribution in [0.4, 0.5) is 0 Å². The molecule has 0 aliphatic carbocycles. The van der Waals surface area contributed by atoms with E-state index in [1.54, 1.807) is 11.6 Å². The number of halogens is 1.